The highest BCUT2D eigenvalue weighted by atomic mass is 35.5. The van der Waals surface area contributed by atoms with Crippen molar-refractivity contribution in [2.45, 2.75) is 45.2 Å². The van der Waals surface area contributed by atoms with E-state index in [-0.39, 0.29) is 5.56 Å². The summed E-state index contributed by atoms with van der Waals surface area (Å²) in [5.41, 5.74) is 0.612. The smallest absolute Gasteiger partial charge is 0.287 e. The molecule has 5 nitrogen and oxygen atoms in total. The zero-order valence-corrected chi connectivity index (χ0v) is 13.3. The van der Waals surface area contributed by atoms with Gasteiger partial charge >= 0.3 is 0 Å². The van der Waals surface area contributed by atoms with Crippen LogP contribution in [-0.4, -0.2) is 35.5 Å². The average molecular weight is 311 g/mol. The zero-order valence-electron chi connectivity index (χ0n) is 12.5. The normalized spacial score (nSPS) is 23.7. The molecule has 0 spiro atoms. The van der Waals surface area contributed by atoms with Crippen molar-refractivity contribution in [1.82, 2.24) is 15.1 Å². The first-order valence-corrected chi connectivity index (χ1v) is 8.32. The lowest BCUT2D eigenvalue weighted by Gasteiger charge is -2.36. The van der Waals surface area contributed by atoms with Crippen LogP contribution in [0.2, 0.25) is 5.02 Å². The van der Waals surface area contributed by atoms with Crippen LogP contribution < -0.4 is 15.8 Å². The van der Waals surface area contributed by atoms with E-state index < -0.39 is 0 Å². The van der Waals surface area contributed by atoms with Gasteiger partial charge in [0.05, 0.1) is 11.9 Å². The maximum atomic E-state index is 12.1. The second kappa shape index (κ2) is 6.36. The number of aryl methyl sites for hydroxylation is 1. The number of nitrogens with zero attached hydrogens (tertiary/aromatic N) is 3. The predicted molar refractivity (Wildman–Crippen MR) is 85.1 cm³/mol. The van der Waals surface area contributed by atoms with Gasteiger partial charge in [0.1, 0.15) is 5.02 Å². The van der Waals surface area contributed by atoms with Crippen LogP contribution in [0.25, 0.3) is 0 Å². The van der Waals surface area contributed by atoms with Crippen molar-refractivity contribution in [3.63, 3.8) is 0 Å². The van der Waals surface area contributed by atoms with E-state index >= 15 is 0 Å². The molecule has 2 aliphatic rings. The van der Waals surface area contributed by atoms with Crippen molar-refractivity contribution in [2.24, 2.45) is 5.92 Å². The monoisotopic (exact) mass is 310 g/mol. The molecule has 3 rings (SSSR count). The van der Waals surface area contributed by atoms with Gasteiger partial charge in [-0.05, 0) is 45.1 Å². The van der Waals surface area contributed by atoms with E-state index in [4.69, 9.17) is 11.6 Å². The summed E-state index contributed by atoms with van der Waals surface area (Å²) in [4.78, 5) is 14.3. The molecule has 1 N–H and O–H groups in total. The molecular weight excluding hydrogens is 288 g/mol. The van der Waals surface area contributed by atoms with Gasteiger partial charge in [0.25, 0.3) is 5.56 Å². The van der Waals surface area contributed by atoms with Crippen molar-refractivity contribution < 1.29 is 0 Å². The molecule has 0 saturated carbocycles. The van der Waals surface area contributed by atoms with Crippen LogP contribution in [-0.2, 0) is 6.54 Å². The van der Waals surface area contributed by atoms with E-state index in [0.29, 0.717) is 17.6 Å². The largest absolute Gasteiger partial charge is 0.369 e. The first-order chi connectivity index (χ1) is 10.2. The summed E-state index contributed by atoms with van der Waals surface area (Å²) in [6, 6.07) is 0.689. The predicted octanol–water partition coefficient (Wildman–Crippen LogP) is 1.89. The van der Waals surface area contributed by atoms with Crippen LogP contribution in [0, 0.1) is 5.92 Å². The Kier molecular flexibility index (Phi) is 4.50. The van der Waals surface area contributed by atoms with Crippen LogP contribution in [0.3, 0.4) is 0 Å². The fourth-order valence-corrected chi connectivity index (χ4v) is 3.82. The van der Waals surface area contributed by atoms with E-state index in [9.17, 15) is 4.79 Å². The highest BCUT2D eigenvalue weighted by molar-refractivity contribution is 6.33. The van der Waals surface area contributed by atoms with Gasteiger partial charge in [-0.25, -0.2) is 4.68 Å². The van der Waals surface area contributed by atoms with E-state index in [0.717, 1.165) is 44.1 Å². The second-order valence-corrected chi connectivity index (χ2v) is 6.37. The minimum Gasteiger partial charge on any atom is -0.369 e. The molecule has 1 atom stereocenters. The minimum atomic E-state index is -0.184. The summed E-state index contributed by atoms with van der Waals surface area (Å²) in [5.74, 6) is 0.756. The fourth-order valence-electron chi connectivity index (χ4n) is 3.56. The number of hydrogen-bond donors (Lipinski definition) is 1. The molecule has 2 fully saturated rings. The second-order valence-electron chi connectivity index (χ2n) is 5.99. The fraction of sp³-hybridized carbons (Fsp3) is 0.733. The van der Waals surface area contributed by atoms with Crippen molar-refractivity contribution in [3.8, 4) is 0 Å². The van der Waals surface area contributed by atoms with E-state index in [1.54, 1.807) is 6.20 Å². The van der Waals surface area contributed by atoms with Gasteiger partial charge in [0.2, 0.25) is 0 Å². The van der Waals surface area contributed by atoms with Gasteiger partial charge in [-0.2, -0.15) is 5.10 Å². The summed E-state index contributed by atoms with van der Waals surface area (Å²) in [6.07, 6.45) is 6.66. The van der Waals surface area contributed by atoms with E-state index in [2.05, 4.69) is 15.3 Å². The number of rotatable bonds is 3. The van der Waals surface area contributed by atoms with Crippen LogP contribution >= 0.6 is 11.6 Å². The van der Waals surface area contributed by atoms with Gasteiger partial charge in [-0.15, -0.1) is 0 Å². The zero-order chi connectivity index (χ0) is 14.8. The van der Waals surface area contributed by atoms with Crippen molar-refractivity contribution in [2.75, 3.05) is 24.5 Å². The third-order valence-electron chi connectivity index (χ3n) is 4.81. The van der Waals surface area contributed by atoms with Crippen LogP contribution in [0.4, 0.5) is 5.69 Å². The van der Waals surface area contributed by atoms with Gasteiger partial charge in [-0.1, -0.05) is 11.6 Å². The highest BCUT2D eigenvalue weighted by Crippen LogP contribution is 2.30. The molecule has 2 aliphatic heterocycles. The molecule has 0 amide bonds. The van der Waals surface area contributed by atoms with Gasteiger partial charge in [0, 0.05) is 25.7 Å². The molecule has 21 heavy (non-hydrogen) atoms. The SMILES string of the molecule is CCn1ncc(N2CCC(C3CCCN3)CC2)c(Cl)c1=O. The van der Waals surface area contributed by atoms with Crippen molar-refractivity contribution in [3.05, 3.63) is 21.6 Å². The molecule has 0 aliphatic carbocycles. The first kappa shape index (κ1) is 14.9. The van der Waals surface area contributed by atoms with E-state index in [1.807, 2.05) is 6.92 Å². The van der Waals surface area contributed by atoms with Crippen LogP contribution in [0.1, 0.15) is 32.6 Å². The summed E-state index contributed by atoms with van der Waals surface area (Å²) in [6.45, 7) is 5.52. The Bertz CT molecular complexity index is 545. The molecule has 0 bridgehead atoms. The number of nitrogens with one attached hydrogen (secondary N) is 1. The minimum absolute atomic E-state index is 0.184. The maximum Gasteiger partial charge on any atom is 0.287 e. The summed E-state index contributed by atoms with van der Waals surface area (Å²) >= 11 is 6.25. The number of piperidine rings is 1. The van der Waals surface area contributed by atoms with Crippen LogP contribution in [0.15, 0.2) is 11.0 Å². The molecule has 116 valence electrons. The lowest BCUT2D eigenvalue weighted by Crippen LogP contribution is -2.41. The van der Waals surface area contributed by atoms with Gasteiger partial charge < -0.3 is 10.2 Å². The summed E-state index contributed by atoms with van der Waals surface area (Å²) in [7, 11) is 0. The molecule has 6 heteroatoms. The number of anilines is 1. The Morgan fingerprint density at radius 2 is 2.14 bits per heavy atom. The summed E-state index contributed by atoms with van der Waals surface area (Å²) < 4.78 is 1.40. The Balaban J connectivity index is 1.69. The lowest BCUT2D eigenvalue weighted by atomic mass is 9.88. The lowest BCUT2D eigenvalue weighted by molar-refractivity contribution is 0.319. The van der Waals surface area contributed by atoms with Gasteiger partial charge in [0.15, 0.2) is 0 Å². The number of halogens is 1. The molecule has 1 aromatic rings. The third-order valence-corrected chi connectivity index (χ3v) is 5.17. The Morgan fingerprint density at radius 3 is 2.76 bits per heavy atom. The van der Waals surface area contributed by atoms with Gasteiger partial charge in [-0.3, -0.25) is 4.79 Å². The summed E-state index contributed by atoms with van der Waals surface area (Å²) in [5, 5.41) is 8.11. The van der Waals surface area contributed by atoms with E-state index in [1.165, 1.54) is 17.5 Å². The third kappa shape index (κ3) is 2.94. The molecule has 0 aromatic carbocycles. The molecule has 3 heterocycles. The molecule has 1 unspecified atom stereocenters. The molecular formula is C15H23ClN4O. The standard InChI is InChI=1S/C15H23ClN4O/c1-2-20-15(21)14(16)13(10-18-20)19-8-5-11(6-9-19)12-4-3-7-17-12/h10-12,17H,2-9H2,1H3. The molecule has 1 aromatic heterocycles. The number of aromatic nitrogens is 2. The average Bonchev–Trinajstić information content (AvgIpc) is 3.05. The molecule has 0 radical (unpaired) electrons. The first-order valence-electron chi connectivity index (χ1n) is 7.94. The Labute approximate surface area is 130 Å². The topological polar surface area (TPSA) is 50.2 Å². The van der Waals surface area contributed by atoms with Crippen molar-refractivity contribution in [1.29, 1.82) is 0 Å². The molecule has 2 saturated heterocycles. The Hall–Kier alpha value is -1.07. The van der Waals surface area contributed by atoms with Crippen LogP contribution in [0.5, 0.6) is 0 Å². The quantitative estimate of drug-likeness (QED) is 0.926. The number of hydrogen-bond acceptors (Lipinski definition) is 4. The van der Waals surface area contributed by atoms with Crippen molar-refractivity contribution >= 4 is 17.3 Å². The maximum absolute atomic E-state index is 12.1. The highest BCUT2D eigenvalue weighted by Gasteiger charge is 2.29. The Morgan fingerprint density at radius 1 is 1.38 bits per heavy atom.